The van der Waals surface area contributed by atoms with Gasteiger partial charge in [0.05, 0.1) is 26.2 Å². The molecule has 3 aromatic carbocycles. The molecule has 0 saturated carbocycles. The van der Waals surface area contributed by atoms with Crippen molar-refractivity contribution in [2.75, 3.05) is 30.6 Å². The lowest BCUT2D eigenvalue weighted by atomic mass is 9.83. The molecular formula is C31H31BrN2O6. The number of hydrogen-bond donors (Lipinski definition) is 0. The summed E-state index contributed by atoms with van der Waals surface area (Å²) in [5.74, 6) is -0.497. The Morgan fingerprint density at radius 2 is 1.55 bits per heavy atom. The standard InChI is InChI=1S/C31H31BrN2O6/c1-19-4-9-23(10-5-19)34-28(35)15-13-24(29(34)20-6-14-25(38-2)27(18-20)39-3)31(37)40-26-16-17-33(30(26)36)22-11-7-21(32)8-12-22/h4-12,14,18,24,26,29H,13,15-17H2,1-3H3. The normalized spacial score (nSPS) is 20.9. The number of anilines is 2. The lowest BCUT2D eigenvalue weighted by Crippen LogP contribution is -2.47. The number of piperidine rings is 1. The van der Waals surface area contributed by atoms with E-state index < -0.39 is 24.0 Å². The molecule has 2 heterocycles. The molecule has 2 saturated heterocycles. The second-order valence-corrected chi connectivity index (χ2v) is 10.9. The average Bonchev–Trinajstić information content (AvgIpc) is 3.32. The van der Waals surface area contributed by atoms with Crippen molar-refractivity contribution in [1.29, 1.82) is 0 Å². The van der Waals surface area contributed by atoms with E-state index in [4.69, 9.17) is 14.2 Å². The highest BCUT2D eigenvalue weighted by molar-refractivity contribution is 9.10. The predicted octanol–water partition coefficient (Wildman–Crippen LogP) is 5.61. The van der Waals surface area contributed by atoms with Crippen LogP contribution in [-0.2, 0) is 19.1 Å². The zero-order valence-corrected chi connectivity index (χ0v) is 24.2. The van der Waals surface area contributed by atoms with Crippen LogP contribution in [0.2, 0.25) is 0 Å². The van der Waals surface area contributed by atoms with Gasteiger partial charge in [0, 0.05) is 35.2 Å². The Kier molecular flexibility index (Phi) is 8.12. The maximum Gasteiger partial charge on any atom is 0.312 e. The van der Waals surface area contributed by atoms with Crippen LogP contribution in [-0.4, -0.2) is 44.7 Å². The fourth-order valence-electron chi connectivity index (χ4n) is 5.44. The molecule has 0 aromatic heterocycles. The van der Waals surface area contributed by atoms with E-state index in [1.807, 2.05) is 61.5 Å². The smallest absolute Gasteiger partial charge is 0.312 e. The molecule has 0 aliphatic carbocycles. The second-order valence-electron chi connectivity index (χ2n) is 9.98. The molecule has 9 heteroatoms. The average molecular weight is 608 g/mol. The van der Waals surface area contributed by atoms with Crippen LogP contribution in [0.5, 0.6) is 11.5 Å². The van der Waals surface area contributed by atoms with Gasteiger partial charge in [-0.2, -0.15) is 0 Å². The van der Waals surface area contributed by atoms with Crippen LogP contribution >= 0.6 is 15.9 Å². The van der Waals surface area contributed by atoms with E-state index in [0.717, 1.165) is 15.7 Å². The SMILES string of the molecule is COc1ccc(C2C(C(=O)OC3CCN(c4ccc(Br)cc4)C3=O)CCC(=O)N2c2ccc(C)cc2)cc1OC. The molecule has 2 amide bonds. The maximum atomic E-state index is 13.8. The molecular weight excluding hydrogens is 576 g/mol. The Balaban J connectivity index is 1.46. The Hall–Kier alpha value is -3.85. The second kappa shape index (κ2) is 11.7. The lowest BCUT2D eigenvalue weighted by Gasteiger charge is -2.40. The zero-order valence-electron chi connectivity index (χ0n) is 22.6. The molecule has 208 valence electrons. The summed E-state index contributed by atoms with van der Waals surface area (Å²) in [6, 6.07) is 19.8. The van der Waals surface area contributed by atoms with Gasteiger partial charge in [0.15, 0.2) is 17.6 Å². The third-order valence-electron chi connectivity index (χ3n) is 7.51. The van der Waals surface area contributed by atoms with Crippen molar-refractivity contribution in [3.63, 3.8) is 0 Å². The van der Waals surface area contributed by atoms with Gasteiger partial charge in [0.2, 0.25) is 5.91 Å². The van der Waals surface area contributed by atoms with Crippen LogP contribution in [0.25, 0.3) is 0 Å². The summed E-state index contributed by atoms with van der Waals surface area (Å²) in [5.41, 5.74) is 3.21. The fourth-order valence-corrected chi connectivity index (χ4v) is 5.70. The molecule has 0 bridgehead atoms. The summed E-state index contributed by atoms with van der Waals surface area (Å²) in [6.07, 6.45) is -0.000424. The third-order valence-corrected chi connectivity index (χ3v) is 8.04. The van der Waals surface area contributed by atoms with Gasteiger partial charge < -0.3 is 24.0 Å². The third kappa shape index (κ3) is 5.43. The summed E-state index contributed by atoms with van der Waals surface area (Å²) in [5, 5.41) is 0. The first kappa shape index (κ1) is 27.7. The lowest BCUT2D eigenvalue weighted by molar-refractivity contribution is -0.159. The number of rotatable bonds is 7. The van der Waals surface area contributed by atoms with Crippen LogP contribution in [0.3, 0.4) is 0 Å². The van der Waals surface area contributed by atoms with E-state index in [1.165, 1.54) is 0 Å². The first-order valence-electron chi connectivity index (χ1n) is 13.2. The molecule has 0 radical (unpaired) electrons. The molecule has 40 heavy (non-hydrogen) atoms. The van der Waals surface area contributed by atoms with E-state index >= 15 is 0 Å². The molecule has 3 aromatic rings. The van der Waals surface area contributed by atoms with Crippen LogP contribution in [0, 0.1) is 12.8 Å². The summed E-state index contributed by atoms with van der Waals surface area (Å²) >= 11 is 3.41. The number of methoxy groups -OCH3 is 2. The van der Waals surface area contributed by atoms with Gasteiger partial charge in [-0.15, -0.1) is 0 Å². The number of hydrogen-bond acceptors (Lipinski definition) is 6. The van der Waals surface area contributed by atoms with Gasteiger partial charge in [-0.05, 0) is 67.4 Å². The molecule has 2 fully saturated rings. The topological polar surface area (TPSA) is 85.4 Å². The van der Waals surface area contributed by atoms with Crippen LogP contribution in [0.15, 0.2) is 71.2 Å². The van der Waals surface area contributed by atoms with Crippen LogP contribution < -0.4 is 19.3 Å². The minimum Gasteiger partial charge on any atom is -0.493 e. The van der Waals surface area contributed by atoms with E-state index in [0.29, 0.717) is 42.1 Å². The van der Waals surface area contributed by atoms with Crippen LogP contribution in [0.1, 0.15) is 36.4 Å². The molecule has 3 unspecified atom stereocenters. The first-order valence-corrected chi connectivity index (χ1v) is 14.0. The van der Waals surface area contributed by atoms with E-state index in [-0.39, 0.29) is 18.2 Å². The number of esters is 1. The molecule has 2 aliphatic heterocycles. The van der Waals surface area contributed by atoms with Crippen LogP contribution in [0.4, 0.5) is 11.4 Å². The number of benzene rings is 3. The number of halogens is 1. The van der Waals surface area contributed by atoms with E-state index in [2.05, 4.69) is 15.9 Å². The first-order chi connectivity index (χ1) is 19.3. The number of carbonyl (C=O) groups excluding carboxylic acids is 3. The van der Waals surface area contributed by atoms with Gasteiger partial charge in [0.1, 0.15) is 0 Å². The maximum absolute atomic E-state index is 13.8. The Morgan fingerprint density at radius 1 is 0.875 bits per heavy atom. The van der Waals surface area contributed by atoms with E-state index in [9.17, 15) is 14.4 Å². The van der Waals surface area contributed by atoms with Crippen molar-refractivity contribution in [2.45, 2.75) is 38.3 Å². The van der Waals surface area contributed by atoms with Gasteiger partial charge in [-0.3, -0.25) is 14.4 Å². The highest BCUT2D eigenvalue weighted by atomic mass is 79.9. The van der Waals surface area contributed by atoms with Gasteiger partial charge in [-0.25, -0.2) is 0 Å². The summed E-state index contributed by atoms with van der Waals surface area (Å²) in [6.45, 7) is 2.43. The Morgan fingerprint density at radius 3 is 2.23 bits per heavy atom. The monoisotopic (exact) mass is 606 g/mol. The summed E-state index contributed by atoms with van der Waals surface area (Å²) < 4.78 is 17.8. The molecule has 0 spiro atoms. The molecule has 3 atom stereocenters. The van der Waals surface area contributed by atoms with Gasteiger partial charge >= 0.3 is 5.97 Å². The largest absolute Gasteiger partial charge is 0.493 e. The van der Waals surface area contributed by atoms with Crippen molar-refractivity contribution < 1.29 is 28.6 Å². The molecule has 8 nitrogen and oxygen atoms in total. The molecule has 0 N–H and O–H groups in total. The van der Waals surface area contributed by atoms with E-state index in [1.54, 1.807) is 36.2 Å². The van der Waals surface area contributed by atoms with Crippen molar-refractivity contribution >= 4 is 45.1 Å². The minimum atomic E-state index is -0.882. The van der Waals surface area contributed by atoms with Crippen molar-refractivity contribution in [3.05, 3.63) is 82.3 Å². The predicted molar refractivity (Wildman–Crippen MR) is 155 cm³/mol. The minimum absolute atomic E-state index is 0.0916. The number of aryl methyl sites for hydroxylation is 1. The van der Waals surface area contributed by atoms with Gasteiger partial charge in [0.25, 0.3) is 5.91 Å². The molecule has 5 rings (SSSR count). The molecule has 2 aliphatic rings. The zero-order chi connectivity index (χ0) is 28.4. The number of ether oxygens (including phenoxy) is 3. The summed E-state index contributed by atoms with van der Waals surface area (Å²) in [7, 11) is 3.09. The number of amides is 2. The fraction of sp³-hybridized carbons (Fsp3) is 0.323. The Labute approximate surface area is 241 Å². The van der Waals surface area contributed by atoms with Crippen molar-refractivity contribution in [1.82, 2.24) is 0 Å². The number of nitrogens with zero attached hydrogens (tertiary/aromatic N) is 2. The van der Waals surface area contributed by atoms with Crippen molar-refractivity contribution in [3.8, 4) is 11.5 Å². The Bertz CT molecular complexity index is 1410. The quantitative estimate of drug-likeness (QED) is 0.325. The highest BCUT2D eigenvalue weighted by Gasteiger charge is 2.45. The van der Waals surface area contributed by atoms with Gasteiger partial charge in [-0.1, -0.05) is 39.7 Å². The highest BCUT2D eigenvalue weighted by Crippen LogP contribution is 2.43. The number of carbonyl (C=O) groups is 3. The summed E-state index contributed by atoms with van der Waals surface area (Å²) in [4.78, 5) is 43.7. The van der Waals surface area contributed by atoms with Crippen molar-refractivity contribution in [2.24, 2.45) is 5.92 Å².